The van der Waals surface area contributed by atoms with Gasteiger partial charge in [0.15, 0.2) is 6.10 Å². The molecule has 0 amide bonds. The molecule has 1 rings (SSSR count). The molecule has 0 aromatic heterocycles. The Morgan fingerprint density at radius 1 is 1.21 bits per heavy atom. The summed E-state index contributed by atoms with van der Waals surface area (Å²) in [4.78, 5) is 10.3. The Morgan fingerprint density at radius 3 is 2.05 bits per heavy atom. The van der Waals surface area contributed by atoms with E-state index in [-0.39, 0.29) is 11.5 Å². The van der Waals surface area contributed by atoms with Crippen molar-refractivity contribution in [2.45, 2.75) is 32.0 Å². The molecule has 106 valence electrons. The van der Waals surface area contributed by atoms with Gasteiger partial charge >= 0.3 is 12.1 Å². The van der Waals surface area contributed by atoms with E-state index in [1.165, 1.54) is 12.1 Å². The highest BCUT2D eigenvalue weighted by atomic mass is 19.4. The summed E-state index contributed by atoms with van der Waals surface area (Å²) in [5.74, 6) is -1.23. The normalized spacial score (nSPS) is 13.6. The maximum atomic E-state index is 12.8. The van der Waals surface area contributed by atoms with Gasteiger partial charge in [0.05, 0.1) is 0 Å². The van der Waals surface area contributed by atoms with E-state index in [1.54, 1.807) is 12.1 Å². The molecule has 0 aliphatic rings. The van der Waals surface area contributed by atoms with Gasteiger partial charge in [-0.25, -0.2) is 4.79 Å². The molecule has 0 unspecified atom stereocenters. The molecular formula is C13H15F3O3. The molecule has 0 spiro atoms. The Kier molecular flexibility index (Phi) is 4.94. The third-order valence-electron chi connectivity index (χ3n) is 2.58. The van der Waals surface area contributed by atoms with Crippen molar-refractivity contribution >= 4 is 5.97 Å². The average Bonchev–Trinajstić information content (AvgIpc) is 2.27. The monoisotopic (exact) mass is 276 g/mol. The van der Waals surface area contributed by atoms with Gasteiger partial charge in [-0.2, -0.15) is 13.2 Å². The van der Waals surface area contributed by atoms with E-state index in [4.69, 9.17) is 5.11 Å². The summed E-state index contributed by atoms with van der Waals surface area (Å²) in [6, 6.07) is 5.80. The second kappa shape index (κ2) is 6.06. The molecule has 1 N–H and O–H groups in total. The Morgan fingerprint density at radius 2 is 1.68 bits per heavy atom. The highest BCUT2D eigenvalue weighted by molar-refractivity contribution is 5.68. The maximum absolute atomic E-state index is 12.8. The van der Waals surface area contributed by atoms with Crippen molar-refractivity contribution in [1.29, 1.82) is 0 Å². The van der Waals surface area contributed by atoms with Crippen molar-refractivity contribution in [2.75, 3.05) is 6.61 Å². The Labute approximate surface area is 109 Å². The van der Waals surface area contributed by atoms with Crippen LogP contribution in [-0.2, 0) is 9.53 Å². The van der Waals surface area contributed by atoms with Crippen LogP contribution in [0.3, 0.4) is 0 Å². The molecule has 1 atom stereocenters. The number of carboxylic acid groups (broad SMARTS) is 1. The second-order valence-electron chi connectivity index (χ2n) is 4.45. The van der Waals surface area contributed by atoms with E-state index < -0.39 is 24.9 Å². The summed E-state index contributed by atoms with van der Waals surface area (Å²) < 4.78 is 42.8. The first-order valence-corrected chi connectivity index (χ1v) is 5.71. The largest absolute Gasteiger partial charge is 0.480 e. The number of carbonyl (C=O) groups is 1. The Balaban J connectivity index is 2.94. The topological polar surface area (TPSA) is 46.5 Å². The fourth-order valence-electron chi connectivity index (χ4n) is 1.59. The number of carboxylic acids is 1. The van der Waals surface area contributed by atoms with Crippen LogP contribution < -0.4 is 0 Å². The summed E-state index contributed by atoms with van der Waals surface area (Å²) in [5, 5.41) is 8.40. The second-order valence-corrected chi connectivity index (χ2v) is 4.45. The number of aliphatic carboxylic acids is 1. The minimum atomic E-state index is -4.64. The highest BCUT2D eigenvalue weighted by Gasteiger charge is 2.42. The van der Waals surface area contributed by atoms with Crippen molar-refractivity contribution in [2.24, 2.45) is 0 Å². The average molecular weight is 276 g/mol. The van der Waals surface area contributed by atoms with E-state index in [1.807, 2.05) is 13.8 Å². The van der Waals surface area contributed by atoms with Gasteiger partial charge in [0.1, 0.15) is 6.61 Å². The number of alkyl halides is 3. The Bertz CT molecular complexity index is 424. The van der Waals surface area contributed by atoms with Crippen LogP contribution in [0.4, 0.5) is 13.2 Å². The van der Waals surface area contributed by atoms with Crippen LogP contribution in [0.25, 0.3) is 0 Å². The number of halogens is 3. The number of benzene rings is 1. The van der Waals surface area contributed by atoms with E-state index in [0.29, 0.717) is 0 Å². The highest BCUT2D eigenvalue weighted by Crippen LogP contribution is 2.36. The van der Waals surface area contributed by atoms with E-state index in [2.05, 4.69) is 4.74 Å². The molecule has 3 nitrogen and oxygen atoms in total. The fraction of sp³-hybridized carbons (Fsp3) is 0.462. The lowest BCUT2D eigenvalue weighted by molar-refractivity contribution is -0.225. The third kappa shape index (κ3) is 4.55. The quantitative estimate of drug-likeness (QED) is 0.895. The zero-order valence-corrected chi connectivity index (χ0v) is 10.6. The zero-order chi connectivity index (χ0) is 14.6. The molecule has 0 saturated heterocycles. The van der Waals surface area contributed by atoms with Crippen LogP contribution in [0.2, 0.25) is 0 Å². The smallest absolute Gasteiger partial charge is 0.418 e. The lowest BCUT2D eigenvalue weighted by Crippen LogP contribution is -2.26. The summed E-state index contributed by atoms with van der Waals surface area (Å²) in [7, 11) is 0. The van der Waals surface area contributed by atoms with Crippen LogP contribution in [0.1, 0.15) is 37.0 Å². The SMILES string of the molecule is CC(C)c1ccc([C@@H](OCC(=O)O)C(F)(F)F)cc1. The Hall–Kier alpha value is -1.56. The van der Waals surface area contributed by atoms with Gasteiger partial charge in [0.2, 0.25) is 0 Å². The van der Waals surface area contributed by atoms with Crippen LogP contribution in [0, 0.1) is 0 Å². The van der Waals surface area contributed by atoms with Gasteiger partial charge in [-0.15, -0.1) is 0 Å². The number of hydrogen-bond donors (Lipinski definition) is 1. The van der Waals surface area contributed by atoms with Gasteiger partial charge < -0.3 is 9.84 Å². The predicted octanol–water partition coefficient (Wildman–Crippen LogP) is 3.51. The maximum Gasteiger partial charge on any atom is 0.418 e. The lowest BCUT2D eigenvalue weighted by atomic mass is 10.00. The van der Waals surface area contributed by atoms with Gasteiger partial charge in [-0.1, -0.05) is 38.1 Å². The molecule has 6 heteroatoms. The van der Waals surface area contributed by atoms with Crippen molar-refractivity contribution in [1.82, 2.24) is 0 Å². The third-order valence-corrected chi connectivity index (χ3v) is 2.58. The molecule has 0 heterocycles. The van der Waals surface area contributed by atoms with E-state index in [9.17, 15) is 18.0 Å². The fourth-order valence-corrected chi connectivity index (χ4v) is 1.59. The first kappa shape index (κ1) is 15.5. The number of ether oxygens (including phenoxy) is 1. The number of rotatable bonds is 5. The van der Waals surface area contributed by atoms with Crippen molar-refractivity contribution in [3.05, 3.63) is 35.4 Å². The standard InChI is InChI=1S/C13H15F3O3/c1-8(2)9-3-5-10(6-4-9)12(13(14,15)16)19-7-11(17)18/h3-6,8,12H,7H2,1-2H3,(H,17,18)/t12-/m1/s1. The van der Waals surface area contributed by atoms with Gasteiger partial charge in [-0.05, 0) is 17.0 Å². The van der Waals surface area contributed by atoms with Crippen molar-refractivity contribution in [3.63, 3.8) is 0 Å². The molecule has 0 fully saturated rings. The summed E-state index contributed by atoms with van der Waals surface area (Å²) >= 11 is 0. The van der Waals surface area contributed by atoms with Gasteiger partial charge in [0, 0.05) is 0 Å². The number of hydrogen-bond acceptors (Lipinski definition) is 2. The molecule has 1 aromatic carbocycles. The predicted molar refractivity (Wildman–Crippen MR) is 62.9 cm³/mol. The molecule has 0 bridgehead atoms. The van der Waals surface area contributed by atoms with Crippen molar-refractivity contribution < 1.29 is 27.8 Å². The van der Waals surface area contributed by atoms with E-state index >= 15 is 0 Å². The molecular weight excluding hydrogens is 261 g/mol. The van der Waals surface area contributed by atoms with Gasteiger partial charge in [0.25, 0.3) is 0 Å². The molecule has 0 aliphatic heterocycles. The van der Waals surface area contributed by atoms with Gasteiger partial charge in [-0.3, -0.25) is 0 Å². The van der Waals surface area contributed by atoms with E-state index in [0.717, 1.165) is 5.56 Å². The minimum absolute atomic E-state index is 0.0989. The first-order valence-electron chi connectivity index (χ1n) is 5.71. The molecule has 19 heavy (non-hydrogen) atoms. The van der Waals surface area contributed by atoms with Crippen LogP contribution in [0.5, 0.6) is 0 Å². The first-order chi connectivity index (χ1) is 8.71. The minimum Gasteiger partial charge on any atom is -0.480 e. The summed E-state index contributed by atoms with van der Waals surface area (Å²) in [5.41, 5.74) is 0.807. The van der Waals surface area contributed by atoms with Crippen LogP contribution in [-0.4, -0.2) is 23.9 Å². The molecule has 1 aromatic rings. The molecule has 0 saturated carbocycles. The lowest BCUT2D eigenvalue weighted by Gasteiger charge is -2.20. The van der Waals surface area contributed by atoms with Crippen LogP contribution >= 0.6 is 0 Å². The molecule has 0 aliphatic carbocycles. The van der Waals surface area contributed by atoms with Crippen LogP contribution in [0.15, 0.2) is 24.3 Å². The zero-order valence-electron chi connectivity index (χ0n) is 10.6. The summed E-state index contributed by atoms with van der Waals surface area (Å²) in [6.45, 7) is 2.87. The van der Waals surface area contributed by atoms with Crippen molar-refractivity contribution in [3.8, 4) is 0 Å². The summed E-state index contributed by atoms with van der Waals surface area (Å²) in [6.07, 6.45) is -6.86. The molecule has 0 radical (unpaired) electrons.